The number of nitriles is 1. The van der Waals surface area contributed by atoms with E-state index in [1.165, 1.54) is 0 Å². The van der Waals surface area contributed by atoms with Crippen molar-refractivity contribution >= 4 is 11.9 Å². The topological polar surface area (TPSA) is 124 Å². The first kappa shape index (κ1) is 24.1. The van der Waals surface area contributed by atoms with Gasteiger partial charge in [-0.15, -0.1) is 0 Å². The normalized spacial score (nSPS) is 14.8. The van der Waals surface area contributed by atoms with Gasteiger partial charge in [-0.2, -0.15) is 5.26 Å². The summed E-state index contributed by atoms with van der Waals surface area (Å²) in [7, 11) is 0. The number of rotatable bonds is 7. The maximum atomic E-state index is 11.8. The second-order valence-corrected chi connectivity index (χ2v) is 8.29. The first-order valence-corrected chi connectivity index (χ1v) is 10.8. The lowest BCUT2D eigenvalue weighted by Gasteiger charge is -2.26. The molecule has 1 fully saturated rings. The zero-order valence-electron chi connectivity index (χ0n) is 19.1. The molecule has 1 atom stereocenters. The van der Waals surface area contributed by atoms with Gasteiger partial charge < -0.3 is 20.1 Å². The second kappa shape index (κ2) is 10.9. The molecule has 172 valence electrons. The number of ether oxygens (including phenoxy) is 1. The van der Waals surface area contributed by atoms with Crippen LogP contribution >= 0.6 is 0 Å². The fourth-order valence-electron chi connectivity index (χ4n) is 3.26. The van der Waals surface area contributed by atoms with Gasteiger partial charge in [-0.1, -0.05) is 12.0 Å². The average molecular weight is 449 g/mol. The molecule has 1 aliphatic rings. The van der Waals surface area contributed by atoms with Gasteiger partial charge in [-0.3, -0.25) is 4.79 Å². The van der Waals surface area contributed by atoms with Crippen molar-refractivity contribution in [3.05, 3.63) is 47.0 Å². The highest BCUT2D eigenvalue weighted by molar-refractivity contribution is 5.77. The molecule has 1 aliphatic heterocycles. The van der Waals surface area contributed by atoms with Crippen LogP contribution in [0, 0.1) is 30.1 Å². The van der Waals surface area contributed by atoms with Crippen LogP contribution in [0.15, 0.2) is 24.4 Å². The molecule has 0 bridgehead atoms. The van der Waals surface area contributed by atoms with Crippen molar-refractivity contribution < 1.29 is 14.6 Å². The van der Waals surface area contributed by atoms with E-state index in [4.69, 9.17) is 4.74 Å². The quantitative estimate of drug-likeness (QED) is 0.484. The minimum Gasteiger partial charge on any atom is -0.378 e. The van der Waals surface area contributed by atoms with Gasteiger partial charge in [-0.25, -0.2) is 15.0 Å². The summed E-state index contributed by atoms with van der Waals surface area (Å²) in [4.78, 5) is 27.0. The molecular formula is C24H28N6O3. The minimum absolute atomic E-state index is 0.00829. The monoisotopic (exact) mass is 448 g/mol. The van der Waals surface area contributed by atoms with Gasteiger partial charge in [0.15, 0.2) is 0 Å². The van der Waals surface area contributed by atoms with Crippen molar-refractivity contribution in [3.63, 3.8) is 0 Å². The summed E-state index contributed by atoms with van der Waals surface area (Å²) >= 11 is 0. The highest BCUT2D eigenvalue weighted by atomic mass is 16.5. The molecule has 0 aliphatic carbocycles. The Hall–Kier alpha value is -3.53. The third-order valence-electron chi connectivity index (χ3n) is 4.95. The molecule has 0 radical (unpaired) electrons. The summed E-state index contributed by atoms with van der Waals surface area (Å²) in [6, 6.07) is 7.56. The van der Waals surface area contributed by atoms with Gasteiger partial charge in [-0.05, 0) is 50.8 Å². The Morgan fingerprint density at radius 3 is 2.91 bits per heavy atom. The molecule has 1 amide bonds. The Morgan fingerprint density at radius 2 is 2.18 bits per heavy atom. The predicted octanol–water partition coefficient (Wildman–Crippen LogP) is 1.62. The molecule has 33 heavy (non-hydrogen) atoms. The van der Waals surface area contributed by atoms with Crippen LogP contribution in [0.3, 0.4) is 0 Å². The minimum atomic E-state index is -1.13. The fourth-order valence-corrected chi connectivity index (χ4v) is 3.26. The average Bonchev–Trinajstić information content (AvgIpc) is 2.78. The summed E-state index contributed by atoms with van der Waals surface area (Å²) in [5.74, 6) is 5.31. The van der Waals surface area contributed by atoms with Crippen LogP contribution < -0.4 is 5.32 Å². The van der Waals surface area contributed by atoms with Gasteiger partial charge >= 0.3 is 0 Å². The van der Waals surface area contributed by atoms with Crippen LogP contribution in [0.2, 0.25) is 0 Å². The van der Waals surface area contributed by atoms with E-state index in [1.54, 1.807) is 43.1 Å². The standard InChI is InChI=1S/C24H28N6O3/c1-17-15-27-23(26-10-5-11-30-12-13-33-16-21(30)31)29-22(17)19(14-25)20-7-4-6-18(28-20)8-9-24(2,3)32/h4,6-7,15,19,32H,5,10-13,16H2,1-3H3,(H,26,27,29). The third kappa shape index (κ3) is 6.98. The van der Waals surface area contributed by atoms with Crippen molar-refractivity contribution in [2.24, 2.45) is 0 Å². The Balaban J connectivity index is 1.70. The Morgan fingerprint density at radius 1 is 1.36 bits per heavy atom. The number of morpholine rings is 1. The number of aryl methyl sites for hydroxylation is 1. The molecule has 0 spiro atoms. The van der Waals surface area contributed by atoms with Gasteiger partial charge in [0.2, 0.25) is 11.9 Å². The summed E-state index contributed by atoms with van der Waals surface area (Å²) in [5.41, 5.74) is 1.21. The number of hydrogen-bond donors (Lipinski definition) is 2. The molecule has 0 saturated carbocycles. The maximum absolute atomic E-state index is 11.8. The molecular weight excluding hydrogens is 420 g/mol. The van der Waals surface area contributed by atoms with Gasteiger partial charge in [0.25, 0.3) is 0 Å². The molecule has 3 rings (SSSR count). The molecule has 2 aromatic rings. The molecule has 0 aromatic carbocycles. The lowest BCUT2D eigenvalue weighted by molar-refractivity contribution is -0.142. The molecule has 1 unspecified atom stereocenters. The maximum Gasteiger partial charge on any atom is 0.248 e. The number of aliphatic hydroxyl groups is 1. The van der Waals surface area contributed by atoms with E-state index < -0.39 is 11.5 Å². The highest BCUT2D eigenvalue weighted by Gasteiger charge is 2.21. The third-order valence-corrected chi connectivity index (χ3v) is 4.95. The number of pyridine rings is 1. The van der Waals surface area contributed by atoms with Crippen LogP contribution in [0.1, 0.15) is 48.8 Å². The number of aromatic nitrogens is 3. The Bertz CT molecular complexity index is 1090. The van der Waals surface area contributed by atoms with E-state index in [2.05, 4.69) is 38.2 Å². The van der Waals surface area contributed by atoms with Gasteiger partial charge in [0.1, 0.15) is 23.8 Å². The van der Waals surface area contributed by atoms with Crippen molar-refractivity contribution in [2.45, 2.75) is 38.7 Å². The molecule has 3 heterocycles. The first-order chi connectivity index (χ1) is 15.8. The Labute approximate surface area is 193 Å². The Kier molecular flexibility index (Phi) is 7.94. The zero-order valence-corrected chi connectivity index (χ0v) is 19.1. The number of anilines is 1. The largest absolute Gasteiger partial charge is 0.378 e. The van der Waals surface area contributed by atoms with E-state index in [-0.39, 0.29) is 12.5 Å². The zero-order chi connectivity index (χ0) is 23.8. The molecule has 2 aromatic heterocycles. The molecule has 9 heteroatoms. The lowest BCUT2D eigenvalue weighted by Crippen LogP contribution is -2.42. The van der Waals surface area contributed by atoms with Gasteiger partial charge in [0, 0.05) is 25.8 Å². The van der Waals surface area contributed by atoms with E-state index in [9.17, 15) is 15.2 Å². The molecule has 1 saturated heterocycles. The van der Waals surface area contributed by atoms with Crippen LogP contribution in [0.25, 0.3) is 0 Å². The van der Waals surface area contributed by atoms with Crippen molar-refractivity contribution in [1.82, 2.24) is 19.9 Å². The van der Waals surface area contributed by atoms with E-state index in [0.29, 0.717) is 49.3 Å². The number of nitrogens with zero attached hydrogens (tertiary/aromatic N) is 5. The summed E-state index contributed by atoms with van der Waals surface area (Å²) in [5, 5.41) is 22.9. The number of carbonyl (C=O) groups excluding carboxylic acids is 1. The number of hydrogen-bond acceptors (Lipinski definition) is 8. The number of carbonyl (C=O) groups is 1. The van der Waals surface area contributed by atoms with E-state index >= 15 is 0 Å². The lowest BCUT2D eigenvalue weighted by atomic mass is 9.98. The number of amides is 1. The molecule has 9 nitrogen and oxygen atoms in total. The van der Waals surface area contributed by atoms with Crippen LogP contribution in [-0.2, 0) is 9.53 Å². The number of nitrogens with one attached hydrogen (secondary N) is 1. The summed E-state index contributed by atoms with van der Waals surface area (Å²) in [6.07, 6.45) is 2.42. The fraction of sp³-hybridized carbons (Fsp3) is 0.458. The first-order valence-electron chi connectivity index (χ1n) is 10.8. The van der Waals surface area contributed by atoms with Crippen molar-refractivity contribution in [1.29, 1.82) is 5.26 Å². The van der Waals surface area contributed by atoms with E-state index in [1.807, 2.05) is 6.92 Å². The van der Waals surface area contributed by atoms with Crippen LogP contribution in [0.4, 0.5) is 5.95 Å². The summed E-state index contributed by atoms with van der Waals surface area (Å²) < 4.78 is 5.14. The van der Waals surface area contributed by atoms with Crippen molar-refractivity contribution in [2.75, 3.05) is 38.2 Å². The van der Waals surface area contributed by atoms with Crippen LogP contribution in [-0.4, -0.2) is 69.3 Å². The molecule has 2 N–H and O–H groups in total. The SMILES string of the molecule is Cc1cnc(NCCCN2CCOCC2=O)nc1C(C#N)c1cccc(C#CC(C)(C)O)n1. The summed E-state index contributed by atoms with van der Waals surface area (Å²) in [6.45, 7) is 7.59. The van der Waals surface area contributed by atoms with E-state index in [0.717, 1.165) is 12.0 Å². The van der Waals surface area contributed by atoms with Crippen molar-refractivity contribution in [3.8, 4) is 17.9 Å². The van der Waals surface area contributed by atoms with Crippen LogP contribution in [0.5, 0.6) is 0 Å². The highest BCUT2D eigenvalue weighted by Crippen LogP contribution is 2.24. The smallest absolute Gasteiger partial charge is 0.248 e. The predicted molar refractivity (Wildman–Crippen MR) is 122 cm³/mol. The second-order valence-electron chi connectivity index (χ2n) is 8.29. The van der Waals surface area contributed by atoms with Gasteiger partial charge in [0.05, 0.1) is 24.1 Å².